The summed E-state index contributed by atoms with van der Waals surface area (Å²) in [5, 5.41) is 10.9. The minimum absolute atomic E-state index is 0.0874. The third-order valence-corrected chi connectivity index (χ3v) is 5.03. The van der Waals surface area contributed by atoms with Crippen molar-refractivity contribution in [3.05, 3.63) is 59.9 Å². The van der Waals surface area contributed by atoms with Gasteiger partial charge in [0.15, 0.2) is 4.34 Å². The van der Waals surface area contributed by atoms with E-state index >= 15 is 0 Å². The van der Waals surface area contributed by atoms with E-state index < -0.39 is 0 Å². The number of carbonyl (C=O) groups is 1. The largest absolute Gasteiger partial charge is 0.374 e. The van der Waals surface area contributed by atoms with Crippen LogP contribution < -0.4 is 11.1 Å². The highest BCUT2D eigenvalue weighted by Crippen LogP contribution is 2.23. The van der Waals surface area contributed by atoms with Gasteiger partial charge in [0, 0.05) is 18.1 Å². The van der Waals surface area contributed by atoms with Gasteiger partial charge in [-0.05, 0) is 41.8 Å². The van der Waals surface area contributed by atoms with Gasteiger partial charge in [0.25, 0.3) is 0 Å². The third kappa shape index (κ3) is 4.77. The topological polar surface area (TPSA) is 93.8 Å². The van der Waals surface area contributed by atoms with Crippen LogP contribution in [0.15, 0.2) is 53.1 Å². The molecule has 8 heteroatoms. The smallest absolute Gasteiger partial charge is 0.234 e. The molecule has 1 aromatic carbocycles. The van der Waals surface area contributed by atoms with E-state index in [9.17, 15) is 4.79 Å². The van der Waals surface area contributed by atoms with Gasteiger partial charge in [-0.2, -0.15) is 0 Å². The summed E-state index contributed by atoms with van der Waals surface area (Å²) in [7, 11) is 0. The Balaban J connectivity index is 1.51. The van der Waals surface area contributed by atoms with Gasteiger partial charge in [-0.3, -0.25) is 9.78 Å². The number of nitrogen functional groups attached to an aromatic ring is 1. The first kappa shape index (κ1) is 16.4. The number of amides is 1. The fourth-order valence-electron chi connectivity index (χ4n) is 2.05. The number of nitrogens with two attached hydrogens (primary N) is 1. The zero-order valence-electron chi connectivity index (χ0n) is 12.7. The molecule has 1 amide bonds. The van der Waals surface area contributed by atoms with E-state index in [4.69, 9.17) is 5.73 Å². The Hall–Kier alpha value is -2.45. The molecule has 0 fully saturated rings. The van der Waals surface area contributed by atoms with E-state index in [2.05, 4.69) is 20.5 Å². The van der Waals surface area contributed by atoms with Crippen molar-refractivity contribution in [2.45, 2.75) is 10.8 Å². The molecule has 6 nitrogen and oxygen atoms in total. The second-order valence-electron chi connectivity index (χ2n) is 4.97. The Labute approximate surface area is 147 Å². The first-order valence-electron chi connectivity index (χ1n) is 7.18. The summed E-state index contributed by atoms with van der Waals surface area (Å²) in [5.74, 6) is 0.184. The van der Waals surface area contributed by atoms with Gasteiger partial charge in [0.05, 0.1) is 5.75 Å². The van der Waals surface area contributed by atoms with Crippen molar-refractivity contribution in [1.29, 1.82) is 0 Å². The molecule has 0 saturated carbocycles. The standard InChI is InChI=1S/C16H15N5OS2/c17-15-20-21-16(24-15)23-10-14(22)19-13-3-1-11(2-4-13)9-12-5-7-18-8-6-12/h1-8H,9-10H2,(H2,17,20)(H,19,22). The third-order valence-electron chi connectivity index (χ3n) is 3.14. The van der Waals surface area contributed by atoms with E-state index in [0.717, 1.165) is 12.1 Å². The van der Waals surface area contributed by atoms with Crippen molar-refractivity contribution in [2.75, 3.05) is 16.8 Å². The van der Waals surface area contributed by atoms with Crippen LogP contribution in [-0.4, -0.2) is 26.8 Å². The minimum Gasteiger partial charge on any atom is -0.374 e. The Bertz CT molecular complexity index is 805. The number of rotatable bonds is 6. The summed E-state index contributed by atoms with van der Waals surface area (Å²) in [5.41, 5.74) is 8.66. The van der Waals surface area contributed by atoms with Crippen molar-refractivity contribution in [2.24, 2.45) is 0 Å². The van der Waals surface area contributed by atoms with Crippen LogP contribution in [0, 0.1) is 0 Å². The molecular weight excluding hydrogens is 342 g/mol. The average Bonchev–Trinajstić information content (AvgIpc) is 3.01. The SMILES string of the molecule is Nc1nnc(SCC(=O)Nc2ccc(Cc3ccncc3)cc2)s1. The second kappa shape index (κ2) is 7.89. The fourth-order valence-corrected chi connectivity index (χ4v) is 3.48. The van der Waals surface area contributed by atoms with Crippen LogP contribution in [0.3, 0.4) is 0 Å². The van der Waals surface area contributed by atoms with Crippen LogP contribution in [0.25, 0.3) is 0 Å². The molecule has 0 unspecified atom stereocenters. The van der Waals surface area contributed by atoms with Gasteiger partial charge in [0.1, 0.15) is 0 Å². The molecule has 24 heavy (non-hydrogen) atoms. The lowest BCUT2D eigenvalue weighted by Gasteiger charge is -2.06. The summed E-state index contributed by atoms with van der Waals surface area (Å²) in [6, 6.07) is 11.8. The number of hydrogen-bond acceptors (Lipinski definition) is 7. The quantitative estimate of drug-likeness (QED) is 0.659. The van der Waals surface area contributed by atoms with Crippen molar-refractivity contribution >= 4 is 39.8 Å². The molecule has 3 N–H and O–H groups in total. The van der Waals surface area contributed by atoms with Crippen molar-refractivity contribution in [1.82, 2.24) is 15.2 Å². The molecular formula is C16H15N5OS2. The normalized spacial score (nSPS) is 10.5. The van der Waals surface area contributed by atoms with Gasteiger partial charge in [-0.15, -0.1) is 10.2 Å². The molecule has 122 valence electrons. The molecule has 0 aliphatic rings. The Morgan fingerprint density at radius 2 is 1.79 bits per heavy atom. The molecule has 0 spiro atoms. The molecule has 0 radical (unpaired) electrons. The van der Waals surface area contributed by atoms with Crippen molar-refractivity contribution < 1.29 is 4.79 Å². The van der Waals surface area contributed by atoms with Gasteiger partial charge >= 0.3 is 0 Å². The maximum absolute atomic E-state index is 12.0. The number of nitrogens with one attached hydrogen (secondary N) is 1. The number of hydrogen-bond donors (Lipinski definition) is 2. The Morgan fingerprint density at radius 1 is 1.08 bits per heavy atom. The first-order valence-corrected chi connectivity index (χ1v) is 8.99. The summed E-state index contributed by atoms with van der Waals surface area (Å²) in [6.07, 6.45) is 4.41. The van der Waals surface area contributed by atoms with Crippen LogP contribution in [0.2, 0.25) is 0 Å². The van der Waals surface area contributed by atoms with E-state index in [1.807, 2.05) is 36.4 Å². The molecule has 0 aliphatic heterocycles. The molecule has 0 atom stereocenters. The van der Waals surface area contributed by atoms with Gasteiger partial charge in [-0.1, -0.05) is 35.2 Å². The number of nitrogens with zero attached hydrogens (tertiary/aromatic N) is 3. The molecule has 3 aromatic rings. The van der Waals surface area contributed by atoms with Crippen LogP contribution in [-0.2, 0) is 11.2 Å². The van der Waals surface area contributed by atoms with E-state index in [1.54, 1.807) is 12.4 Å². The highest BCUT2D eigenvalue weighted by atomic mass is 32.2. The maximum Gasteiger partial charge on any atom is 0.234 e. The number of aromatic nitrogens is 3. The van der Waals surface area contributed by atoms with Crippen molar-refractivity contribution in [3.63, 3.8) is 0 Å². The van der Waals surface area contributed by atoms with Gasteiger partial charge in [-0.25, -0.2) is 0 Å². The molecule has 3 rings (SSSR count). The number of benzene rings is 1. The maximum atomic E-state index is 12.0. The van der Waals surface area contributed by atoms with E-state index in [0.29, 0.717) is 9.47 Å². The zero-order valence-corrected chi connectivity index (χ0v) is 14.3. The number of pyridine rings is 1. The predicted molar refractivity (Wildman–Crippen MR) is 97.2 cm³/mol. The summed E-state index contributed by atoms with van der Waals surface area (Å²) < 4.78 is 0.690. The lowest BCUT2D eigenvalue weighted by molar-refractivity contribution is -0.113. The predicted octanol–water partition coefficient (Wildman–Crippen LogP) is 2.84. The summed E-state index contributed by atoms with van der Waals surface area (Å²) in [6.45, 7) is 0. The highest BCUT2D eigenvalue weighted by Gasteiger charge is 2.07. The van der Waals surface area contributed by atoms with Gasteiger partial charge in [0.2, 0.25) is 11.0 Å². The van der Waals surface area contributed by atoms with Crippen LogP contribution in [0.4, 0.5) is 10.8 Å². The second-order valence-corrected chi connectivity index (χ2v) is 7.20. The number of carbonyl (C=O) groups excluding carboxylic acids is 1. The van der Waals surface area contributed by atoms with Gasteiger partial charge < -0.3 is 11.1 Å². The zero-order chi connectivity index (χ0) is 16.8. The lowest BCUT2D eigenvalue weighted by atomic mass is 10.1. The number of anilines is 2. The monoisotopic (exact) mass is 357 g/mol. The van der Waals surface area contributed by atoms with Crippen LogP contribution in [0.5, 0.6) is 0 Å². The lowest BCUT2D eigenvalue weighted by Crippen LogP contribution is -2.13. The number of thioether (sulfide) groups is 1. The van der Waals surface area contributed by atoms with Crippen LogP contribution in [0.1, 0.15) is 11.1 Å². The van der Waals surface area contributed by atoms with Crippen molar-refractivity contribution in [3.8, 4) is 0 Å². The minimum atomic E-state index is -0.0874. The first-order chi connectivity index (χ1) is 11.7. The molecule has 0 bridgehead atoms. The van der Waals surface area contributed by atoms with E-state index in [-0.39, 0.29) is 11.7 Å². The summed E-state index contributed by atoms with van der Waals surface area (Å²) >= 11 is 2.59. The summed E-state index contributed by atoms with van der Waals surface area (Å²) in [4.78, 5) is 16.0. The van der Waals surface area contributed by atoms with E-state index in [1.165, 1.54) is 34.2 Å². The fraction of sp³-hybridized carbons (Fsp3) is 0.125. The average molecular weight is 357 g/mol. The Morgan fingerprint density at radius 3 is 2.46 bits per heavy atom. The molecule has 2 aromatic heterocycles. The van der Waals surface area contributed by atoms with Crippen LogP contribution >= 0.6 is 23.1 Å². The molecule has 0 saturated heterocycles. The molecule has 2 heterocycles. The molecule has 0 aliphatic carbocycles. The highest BCUT2D eigenvalue weighted by molar-refractivity contribution is 8.01. The Kier molecular flexibility index (Phi) is 5.39.